The second-order valence-corrected chi connectivity index (χ2v) is 8.98. The van der Waals surface area contributed by atoms with Crippen LogP contribution in [0.3, 0.4) is 0 Å². The zero-order valence-corrected chi connectivity index (χ0v) is 13.5. The highest BCUT2D eigenvalue weighted by Crippen LogP contribution is 2.26. The molecule has 1 aromatic heterocycles. The number of carbonyl (C=O) groups is 1. The number of carbonyl (C=O) groups excluding carboxylic acids is 1. The van der Waals surface area contributed by atoms with Gasteiger partial charge in [-0.2, -0.15) is 0 Å². The van der Waals surface area contributed by atoms with Gasteiger partial charge in [-0.05, 0) is 35.0 Å². The quantitative estimate of drug-likeness (QED) is 0.847. The fraction of sp³-hybridized carbons (Fsp3) is 0.400. The molecule has 2 aromatic rings. The predicted octanol–water partition coefficient (Wildman–Crippen LogP) is 1.11. The van der Waals surface area contributed by atoms with E-state index in [-0.39, 0.29) is 29.5 Å². The third-order valence-corrected chi connectivity index (χ3v) is 7.06. The Labute approximate surface area is 132 Å². The van der Waals surface area contributed by atoms with Crippen LogP contribution < -0.4 is 5.32 Å². The molecule has 0 aliphatic carbocycles. The summed E-state index contributed by atoms with van der Waals surface area (Å²) in [6, 6.07) is 7.31. The lowest BCUT2D eigenvalue weighted by Gasteiger charge is -2.37. The fourth-order valence-electron chi connectivity index (χ4n) is 3.39. The Morgan fingerprint density at radius 1 is 1.27 bits per heavy atom. The molecule has 7 heteroatoms. The Kier molecular flexibility index (Phi) is 3.25. The van der Waals surface area contributed by atoms with Gasteiger partial charge in [-0.25, -0.2) is 8.42 Å². The Hall–Kier alpha value is -1.44. The van der Waals surface area contributed by atoms with Crippen LogP contribution in [0.2, 0.25) is 0 Å². The molecular weight excluding hydrogens is 320 g/mol. The van der Waals surface area contributed by atoms with Crippen molar-refractivity contribution in [3.63, 3.8) is 0 Å². The Balaban J connectivity index is 1.66. The molecule has 0 spiro atoms. The van der Waals surface area contributed by atoms with Gasteiger partial charge >= 0.3 is 0 Å². The molecule has 2 atom stereocenters. The summed E-state index contributed by atoms with van der Waals surface area (Å²) in [6.45, 7) is 1.19. The van der Waals surface area contributed by atoms with Gasteiger partial charge < -0.3 is 10.2 Å². The number of thiophene rings is 1. The van der Waals surface area contributed by atoms with Crippen molar-refractivity contribution in [2.75, 3.05) is 24.6 Å². The summed E-state index contributed by atoms with van der Waals surface area (Å²) >= 11 is 1.64. The van der Waals surface area contributed by atoms with Crippen LogP contribution in [-0.4, -0.2) is 55.9 Å². The molecule has 0 bridgehead atoms. The topological polar surface area (TPSA) is 66.5 Å². The molecule has 116 valence electrons. The van der Waals surface area contributed by atoms with Crippen LogP contribution in [0.15, 0.2) is 29.6 Å². The first-order chi connectivity index (χ1) is 10.5. The van der Waals surface area contributed by atoms with E-state index in [1.54, 1.807) is 16.2 Å². The highest BCUT2D eigenvalue weighted by atomic mass is 32.2. The lowest BCUT2D eigenvalue weighted by molar-refractivity contribution is 0.0621. The first-order valence-corrected chi connectivity index (χ1v) is 9.96. The van der Waals surface area contributed by atoms with Crippen LogP contribution in [0.4, 0.5) is 0 Å². The largest absolute Gasteiger partial charge is 0.332 e. The van der Waals surface area contributed by atoms with Crippen LogP contribution >= 0.6 is 11.3 Å². The van der Waals surface area contributed by atoms with E-state index in [0.717, 1.165) is 10.1 Å². The van der Waals surface area contributed by atoms with Crippen LogP contribution in [-0.2, 0) is 9.84 Å². The van der Waals surface area contributed by atoms with Crippen LogP contribution in [0.25, 0.3) is 10.1 Å². The normalized spacial score (nSPS) is 27.0. The minimum atomic E-state index is -3.06. The summed E-state index contributed by atoms with van der Waals surface area (Å²) in [5.41, 5.74) is 0.635. The fourth-order valence-corrected chi connectivity index (χ4v) is 6.11. The summed E-state index contributed by atoms with van der Waals surface area (Å²) in [5, 5.41) is 6.29. The molecule has 2 fully saturated rings. The molecule has 4 rings (SSSR count). The van der Waals surface area contributed by atoms with Gasteiger partial charge in [0.1, 0.15) is 0 Å². The number of sulfone groups is 1. The van der Waals surface area contributed by atoms with E-state index >= 15 is 0 Å². The van der Waals surface area contributed by atoms with Crippen LogP contribution in [0, 0.1) is 0 Å². The van der Waals surface area contributed by atoms with Crippen molar-refractivity contribution in [1.29, 1.82) is 0 Å². The summed E-state index contributed by atoms with van der Waals surface area (Å²) < 4.78 is 24.9. The van der Waals surface area contributed by atoms with E-state index in [2.05, 4.69) is 5.32 Å². The van der Waals surface area contributed by atoms with E-state index in [1.165, 1.54) is 0 Å². The molecule has 5 nitrogen and oxygen atoms in total. The van der Waals surface area contributed by atoms with Crippen molar-refractivity contribution in [2.45, 2.75) is 12.1 Å². The van der Waals surface area contributed by atoms with E-state index in [1.807, 2.05) is 29.6 Å². The molecular formula is C15H16N2O3S2. The Bertz CT molecular complexity index is 843. The second kappa shape index (κ2) is 5.04. The summed E-state index contributed by atoms with van der Waals surface area (Å²) in [4.78, 5) is 14.6. The molecule has 3 heterocycles. The van der Waals surface area contributed by atoms with Gasteiger partial charge in [-0.1, -0.05) is 0 Å². The van der Waals surface area contributed by atoms with Crippen LogP contribution in [0.1, 0.15) is 10.4 Å². The average molecular weight is 336 g/mol. The molecule has 1 amide bonds. The van der Waals surface area contributed by atoms with Gasteiger partial charge in [-0.3, -0.25) is 4.79 Å². The number of hydrogen-bond donors (Lipinski definition) is 1. The highest BCUT2D eigenvalue weighted by Gasteiger charge is 2.44. The SMILES string of the molecule is O=C(c1ccc2sccc2c1)N1CCN[C@@H]2CS(=O)(=O)C[C@@H]21. The lowest BCUT2D eigenvalue weighted by Crippen LogP contribution is -2.59. The third kappa shape index (κ3) is 2.33. The summed E-state index contributed by atoms with van der Waals surface area (Å²) in [6.07, 6.45) is 0. The second-order valence-electron chi connectivity index (χ2n) is 5.88. The summed E-state index contributed by atoms with van der Waals surface area (Å²) in [5.74, 6) is 0.129. The van der Waals surface area contributed by atoms with Gasteiger partial charge in [0.15, 0.2) is 9.84 Å². The number of benzene rings is 1. The minimum absolute atomic E-state index is 0.0666. The molecule has 22 heavy (non-hydrogen) atoms. The lowest BCUT2D eigenvalue weighted by atomic mass is 10.0. The smallest absolute Gasteiger partial charge is 0.254 e. The first kappa shape index (κ1) is 14.2. The standard InChI is InChI=1S/C15H16N2O3S2/c18-15(11-1-2-14-10(7-11)3-6-21-14)17-5-4-16-12-8-22(19,20)9-13(12)17/h1-3,6-7,12-13,16H,4-5,8-9H2/t12-,13+/m1/s1. The maximum absolute atomic E-state index is 12.8. The van der Waals surface area contributed by atoms with E-state index in [4.69, 9.17) is 0 Å². The van der Waals surface area contributed by atoms with Gasteiger partial charge in [0.2, 0.25) is 0 Å². The monoisotopic (exact) mass is 336 g/mol. The molecule has 1 N–H and O–H groups in total. The van der Waals surface area contributed by atoms with E-state index in [0.29, 0.717) is 18.7 Å². The van der Waals surface area contributed by atoms with Gasteiger partial charge in [-0.15, -0.1) is 11.3 Å². The Morgan fingerprint density at radius 2 is 2.14 bits per heavy atom. The highest BCUT2D eigenvalue weighted by molar-refractivity contribution is 7.91. The molecule has 2 aliphatic heterocycles. The van der Waals surface area contributed by atoms with Crippen molar-refractivity contribution in [2.24, 2.45) is 0 Å². The predicted molar refractivity (Wildman–Crippen MR) is 87.1 cm³/mol. The number of hydrogen-bond acceptors (Lipinski definition) is 5. The van der Waals surface area contributed by atoms with Crippen molar-refractivity contribution in [1.82, 2.24) is 10.2 Å². The zero-order chi connectivity index (χ0) is 15.3. The number of fused-ring (bicyclic) bond motifs is 2. The molecule has 0 saturated carbocycles. The Morgan fingerprint density at radius 3 is 3.00 bits per heavy atom. The maximum atomic E-state index is 12.8. The molecule has 2 saturated heterocycles. The molecule has 0 radical (unpaired) electrons. The van der Waals surface area contributed by atoms with Crippen molar-refractivity contribution in [3.8, 4) is 0 Å². The number of nitrogens with zero attached hydrogens (tertiary/aromatic N) is 1. The summed E-state index contributed by atoms with van der Waals surface area (Å²) in [7, 11) is -3.06. The van der Waals surface area contributed by atoms with Crippen molar-refractivity contribution >= 4 is 37.2 Å². The number of piperazine rings is 1. The van der Waals surface area contributed by atoms with Gasteiger partial charge in [0, 0.05) is 29.4 Å². The van der Waals surface area contributed by atoms with Crippen molar-refractivity contribution in [3.05, 3.63) is 35.2 Å². The third-order valence-electron chi connectivity index (χ3n) is 4.44. The minimum Gasteiger partial charge on any atom is -0.332 e. The van der Waals surface area contributed by atoms with E-state index in [9.17, 15) is 13.2 Å². The first-order valence-electron chi connectivity index (χ1n) is 7.25. The van der Waals surface area contributed by atoms with Crippen molar-refractivity contribution < 1.29 is 13.2 Å². The number of nitrogens with one attached hydrogen (secondary N) is 1. The van der Waals surface area contributed by atoms with Gasteiger partial charge in [0.25, 0.3) is 5.91 Å². The average Bonchev–Trinajstić information content (AvgIpc) is 3.06. The van der Waals surface area contributed by atoms with Gasteiger partial charge in [0.05, 0.1) is 17.5 Å². The molecule has 0 unspecified atom stereocenters. The molecule has 1 aromatic carbocycles. The number of amides is 1. The zero-order valence-electron chi connectivity index (χ0n) is 11.9. The number of rotatable bonds is 1. The van der Waals surface area contributed by atoms with Crippen LogP contribution in [0.5, 0.6) is 0 Å². The molecule has 2 aliphatic rings. The van der Waals surface area contributed by atoms with E-state index < -0.39 is 9.84 Å². The maximum Gasteiger partial charge on any atom is 0.254 e.